The first-order chi connectivity index (χ1) is 10.9. The molecule has 0 fully saturated rings. The highest BCUT2D eigenvalue weighted by Crippen LogP contribution is 2.39. The standard InChI is InChI=1S/C11H10F3NO8S/c1-21-9(16)5-6-8(23-24(19,20)11(12,13)14)4-3-7(15(17)18)10(6)22-2/h3-4H,5H2,1-2H3. The summed E-state index contributed by atoms with van der Waals surface area (Å²) >= 11 is 0. The van der Waals surface area contributed by atoms with Crippen molar-refractivity contribution in [1.29, 1.82) is 0 Å². The molecule has 0 radical (unpaired) electrons. The molecular formula is C11H10F3NO8S. The summed E-state index contributed by atoms with van der Waals surface area (Å²) in [5.74, 6) is -2.58. The first-order valence-electron chi connectivity index (χ1n) is 5.86. The highest BCUT2D eigenvalue weighted by atomic mass is 32.2. The molecule has 134 valence electrons. The Morgan fingerprint density at radius 1 is 1.29 bits per heavy atom. The molecule has 13 heteroatoms. The molecule has 0 unspecified atom stereocenters. The number of esters is 1. The predicted octanol–water partition coefficient (Wildman–Crippen LogP) is 1.55. The molecule has 0 spiro atoms. The molecule has 0 bridgehead atoms. The third-order valence-corrected chi connectivity index (χ3v) is 3.60. The Kier molecular flexibility index (Phi) is 5.60. The van der Waals surface area contributed by atoms with Crippen molar-refractivity contribution < 1.29 is 45.0 Å². The average Bonchev–Trinajstić information content (AvgIpc) is 2.46. The molecule has 0 heterocycles. The lowest BCUT2D eigenvalue weighted by molar-refractivity contribution is -0.385. The van der Waals surface area contributed by atoms with E-state index in [1.165, 1.54) is 0 Å². The number of halogens is 3. The summed E-state index contributed by atoms with van der Waals surface area (Å²) in [5, 5.41) is 10.9. The van der Waals surface area contributed by atoms with E-state index < -0.39 is 55.7 Å². The number of nitrogens with zero attached hydrogens (tertiary/aromatic N) is 1. The maximum Gasteiger partial charge on any atom is 0.534 e. The average molecular weight is 373 g/mol. The van der Waals surface area contributed by atoms with Crippen LogP contribution in [0.1, 0.15) is 5.56 Å². The maximum atomic E-state index is 12.4. The molecular weight excluding hydrogens is 363 g/mol. The Balaban J connectivity index is 3.55. The number of hydrogen-bond acceptors (Lipinski definition) is 8. The van der Waals surface area contributed by atoms with Gasteiger partial charge in [-0.2, -0.15) is 21.6 Å². The van der Waals surface area contributed by atoms with Crippen molar-refractivity contribution in [2.45, 2.75) is 11.9 Å². The van der Waals surface area contributed by atoms with E-state index in [1.54, 1.807) is 0 Å². The number of rotatable bonds is 6. The molecule has 24 heavy (non-hydrogen) atoms. The number of methoxy groups -OCH3 is 2. The Bertz CT molecular complexity index is 759. The second kappa shape index (κ2) is 6.90. The van der Waals surface area contributed by atoms with E-state index in [4.69, 9.17) is 4.74 Å². The normalized spacial score (nSPS) is 11.7. The van der Waals surface area contributed by atoms with Crippen LogP contribution in [-0.2, 0) is 26.1 Å². The predicted molar refractivity (Wildman–Crippen MR) is 71.0 cm³/mol. The molecule has 0 aromatic heterocycles. The van der Waals surface area contributed by atoms with E-state index in [0.29, 0.717) is 12.1 Å². The van der Waals surface area contributed by atoms with Gasteiger partial charge in [0.25, 0.3) is 0 Å². The molecule has 9 nitrogen and oxygen atoms in total. The smallest absolute Gasteiger partial charge is 0.490 e. The van der Waals surface area contributed by atoms with Crippen LogP contribution in [0.15, 0.2) is 12.1 Å². The molecule has 0 saturated heterocycles. The zero-order chi connectivity index (χ0) is 18.7. The fraction of sp³-hybridized carbons (Fsp3) is 0.364. The number of hydrogen-bond donors (Lipinski definition) is 0. The number of nitro groups is 1. The Morgan fingerprint density at radius 3 is 2.29 bits per heavy atom. The molecule has 1 aromatic carbocycles. The summed E-state index contributed by atoms with van der Waals surface area (Å²) < 4.78 is 72.5. The van der Waals surface area contributed by atoms with Crippen LogP contribution in [0.5, 0.6) is 11.5 Å². The number of alkyl halides is 3. The molecule has 0 amide bonds. The van der Waals surface area contributed by atoms with Crippen molar-refractivity contribution in [2.75, 3.05) is 14.2 Å². The number of carbonyl (C=O) groups is 1. The van der Waals surface area contributed by atoms with Gasteiger partial charge in [0.1, 0.15) is 0 Å². The lowest BCUT2D eigenvalue weighted by atomic mass is 10.1. The first-order valence-corrected chi connectivity index (χ1v) is 7.27. The van der Waals surface area contributed by atoms with Gasteiger partial charge in [0.15, 0.2) is 5.75 Å². The van der Waals surface area contributed by atoms with Gasteiger partial charge in [-0.05, 0) is 6.07 Å². The molecule has 0 atom stereocenters. The van der Waals surface area contributed by atoms with E-state index in [0.717, 1.165) is 14.2 Å². The van der Waals surface area contributed by atoms with E-state index in [1.807, 2.05) is 0 Å². The fourth-order valence-corrected chi connectivity index (χ4v) is 2.08. The van der Waals surface area contributed by atoms with Crippen LogP contribution in [0.4, 0.5) is 18.9 Å². The van der Waals surface area contributed by atoms with Gasteiger partial charge in [0.2, 0.25) is 5.75 Å². The SMILES string of the molecule is COC(=O)Cc1c(OS(=O)(=O)C(F)(F)F)ccc([N+](=O)[O-])c1OC. The van der Waals surface area contributed by atoms with Crippen molar-refractivity contribution in [1.82, 2.24) is 0 Å². The molecule has 0 aliphatic rings. The van der Waals surface area contributed by atoms with Gasteiger partial charge in [0.05, 0.1) is 31.1 Å². The van der Waals surface area contributed by atoms with Crippen molar-refractivity contribution >= 4 is 21.8 Å². The largest absolute Gasteiger partial charge is 0.534 e. The summed E-state index contributed by atoms with van der Waals surface area (Å²) in [6.07, 6.45) is -0.815. The molecule has 0 aliphatic carbocycles. The number of benzene rings is 1. The highest BCUT2D eigenvalue weighted by molar-refractivity contribution is 7.88. The molecule has 0 N–H and O–H groups in total. The van der Waals surface area contributed by atoms with E-state index >= 15 is 0 Å². The second-order valence-corrected chi connectivity index (χ2v) is 5.63. The first kappa shape index (κ1) is 19.5. The summed E-state index contributed by atoms with van der Waals surface area (Å²) in [5.41, 5.74) is -7.01. The van der Waals surface area contributed by atoms with Crippen molar-refractivity contribution in [3.63, 3.8) is 0 Å². The van der Waals surface area contributed by atoms with Gasteiger partial charge in [0, 0.05) is 6.07 Å². The monoisotopic (exact) mass is 373 g/mol. The van der Waals surface area contributed by atoms with Gasteiger partial charge in [-0.25, -0.2) is 0 Å². The Morgan fingerprint density at radius 2 is 1.88 bits per heavy atom. The lowest BCUT2D eigenvalue weighted by Gasteiger charge is -2.15. The van der Waals surface area contributed by atoms with Crippen molar-refractivity contribution in [2.24, 2.45) is 0 Å². The number of ether oxygens (including phenoxy) is 2. The van der Waals surface area contributed by atoms with Crippen LogP contribution in [-0.4, -0.2) is 39.0 Å². The van der Waals surface area contributed by atoms with Crippen LogP contribution >= 0.6 is 0 Å². The highest BCUT2D eigenvalue weighted by Gasteiger charge is 2.49. The van der Waals surface area contributed by atoms with Gasteiger partial charge >= 0.3 is 27.3 Å². The van der Waals surface area contributed by atoms with Crippen molar-refractivity contribution in [3.8, 4) is 11.5 Å². The summed E-state index contributed by atoms with van der Waals surface area (Å²) in [4.78, 5) is 21.4. The Labute approximate surface area is 133 Å². The van der Waals surface area contributed by atoms with E-state index in [9.17, 15) is 36.5 Å². The summed E-state index contributed by atoms with van der Waals surface area (Å²) in [6.45, 7) is 0. The minimum atomic E-state index is -6.05. The molecule has 0 aliphatic heterocycles. The number of nitro benzene ring substituents is 1. The van der Waals surface area contributed by atoms with Gasteiger partial charge in [-0.1, -0.05) is 0 Å². The van der Waals surface area contributed by atoms with Crippen LogP contribution in [0, 0.1) is 10.1 Å². The van der Waals surface area contributed by atoms with Crippen LogP contribution in [0.25, 0.3) is 0 Å². The summed E-state index contributed by atoms with van der Waals surface area (Å²) in [6, 6.07) is 1.29. The molecule has 1 rings (SSSR count). The van der Waals surface area contributed by atoms with Crippen molar-refractivity contribution in [3.05, 3.63) is 27.8 Å². The van der Waals surface area contributed by atoms with Gasteiger partial charge in [-0.15, -0.1) is 0 Å². The minimum absolute atomic E-state index is 0.577. The minimum Gasteiger partial charge on any atom is -0.490 e. The van der Waals surface area contributed by atoms with Crippen LogP contribution < -0.4 is 8.92 Å². The van der Waals surface area contributed by atoms with E-state index in [2.05, 4.69) is 8.92 Å². The summed E-state index contributed by atoms with van der Waals surface area (Å²) in [7, 11) is -4.14. The van der Waals surface area contributed by atoms with Gasteiger partial charge in [-0.3, -0.25) is 14.9 Å². The fourth-order valence-electron chi connectivity index (χ4n) is 1.60. The zero-order valence-electron chi connectivity index (χ0n) is 12.1. The third-order valence-electron chi connectivity index (χ3n) is 2.63. The third kappa shape index (κ3) is 4.04. The van der Waals surface area contributed by atoms with Gasteiger partial charge < -0.3 is 13.7 Å². The Hall–Kier alpha value is -2.57. The maximum absolute atomic E-state index is 12.4. The molecule has 0 saturated carbocycles. The van der Waals surface area contributed by atoms with E-state index in [-0.39, 0.29) is 0 Å². The van der Waals surface area contributed by atoms with Crippen LogP contribution in [0.3, 0.4) is 0 Å². The quantitative estimate of drug-likeness (QED) is 0.242. The molecule has 1 aromatic rings. The zero-order valence-corrected chi connectivity index (χ0v) is 12.9. The topological polar surface area (TPSA) is 122 Å². The number of carbonyl (C=O) groups excluding carboxylic acids is 1. The lowest BCUT2D eigenvalue weighted by Crippen LogP contribution is -2.28. The second-order valence-electron chi connectivity index (χ2n) is 4.09. The van der Waals surface area contributed by atoms with Crippen LogP contribution in [0.2, 0.25) is 0 Å².